The van der Waals surface area contributed by atoms with E-state index in [4.69, 9.17) is 0 Å². The molecule has 26 heavy (non-hydrogen) atoms. The van der Waals surface area contributed by atoms with Crippen LogP contribution in [0.2, 0.25) is 0 Å². The van der Waals surface area contributed by atoms with Crippen LogP contribution in [-0.4, -0.2) is 40.9 Å². The number of carboxylic acid groups (broad SMARTS) is 1. The number of carbonyl (C=O) groups is 3. The van der Waals surface area contributed by atoms with E-state index in [0.29, 0.717) is 30.6 Å². The van der Waals surface area contributed by atoms with Crippen LogP contribution in [0, 0.1) is 11.8 Å². The summed E-state index contributed by atoms with van der Waals surface area (Å²) in [6, 6.07) is 6.94. The molecule has 1 atom stereocenters. The largest absolute Gasteiger partial charge is 0.481 e. The lowest BCUT2D eigenvalue weighted by Crippen LogP contribution is -2.42. The van der Waals surface area contributed by atoms with Gasteiger partial charge in [0.15, 0.2) is 0 Å². The van der Waals surface area contributed by atoms with Crippen molar-refractivity contribution in [3.8, 4) is 0 Å². The highest BCUT2D eigenvalue weighted by Crippen LogP contribution is 2.25. The number of likely N-dealkylation sites (tertiary alicyclic amines) is 1. The Kier molecular flexibility index (Phi) is 5.91. The minimum atomic E-state index is -0.851. The molecule has 0 radical (unpaired) electrons. The second-order valence-corrected chi connectivity index (χ2v) is 7.33. The number of anilines is 1. The molecule has 1 heterocycles. The molecule has 0 aromatic heterocycles. The van der Waals surface area contributed by atoms with Gasteiger partial charge in [0, 0.05) is 30.3 Å². The fourth-order valence-electron chi connectivity index (χ4n) is 3.88. The molecule has 2 aliphatic rings. The van der Waals surface area contributed by atoms with Crippen LogP contribution in [0.25, 0.3) is 0 Å². The van der Waals surface area contributed by atoms with Gasteiger partial charge in [-0.25, -0.2) is 0 Å². The first-order chi connectivity index (χ1) is 12.5. The fourth-order valence-corrected chi connectivity index (χ4v) is 3.88. The monoisotopic (exact) mass is 358 g/mol. The highest BCUT2D eigenvalue weighted by atomic mass is 16.4. The van der Waals surface area contributed by atoms with Crippen LogP contribution in [0.4, 0.5) is 5.69 Å². The molecule has 1 saturated carbocycles. The highest BCUT2D eigenvalue weighted by molar-refractivity contribution is 5.98. The second-order valence-electron chi connectivity index (χ2n) is 7.33. The Balaban J connectivity index is 1.65. The first-order valence-electron chi connectivity index (χ1n) is 9.47. The standard InChI is InChI=1S/C20H26N2O4/c23-18(14-6-2-1-3-7-14)21-17-10-4-8-15(12-17)19(24)22-11-5-9-16(13-22)20(25)26/h4,8,10,12,14,16H,1-3,5-7,9,11,13H2,(H,21,23)(H,25,26). The average Bonchev–Trinajstić information content (AvgIpc) is 2.68. The van der Waals surface area contributed by atoms with Gasteiger partial charge in [-0.3, -0.25) is 14.4 Å². The van der Waals surface area contributed by atoms with E-state index in [2.05, 4.69) is 5.32 Å². The molecule has 1 aromatic carbocycles. The van der Waals surface area contributed by atoms with Gasteiger partial charge in [0.1, 0.15) is 0 Å². The number of nitrogens with zero attached hydrogens (tertiary/aromatic N) is 1. The van der Waals surface area contributed by atoms with E-state index in [-0.39, 0.29) is 24.3 Å². The molecule has 2 amide bonds. The van der Waals surface area contributed by atoms with Crippen LogP contribution in [-0.2, 0) is 9.59 Å². The summed E-state index contributed by atoms with van der Waals surface area (Å²) in [5, 5.41) is 12.1. The minimum Gasteiger partial charge on any atom is -0.481 e. The van der Waals surface area contributed by atoms with Gasteiger partial charge >= 0.3 is 5.97 Å². The predicted octanol–water partition coefficient (Wildman–Crippen LogP) is 3.14. The zero-order chi connectivity index (χ0) is 18.5. The normalized spacial score (nSPS) is 21.2. The maximum Gasteiger partial charge on any atom is 0.308 e. The summed E-state index contributed by atoms with van der Waals surface area (Å²) in [6.07, 6.45) is 6.54. The quantitative estimate of drug-likeness (QED) is 0.866. The molecular formula is C20H26N2O4. The van der Waals surface area contributed by atoms with Crippen molar-refractivity contribution < 1.29 is 19.5 Å². The van der Waals surface area contributed by atoms with Gasteiger partial charge in [-0.05, 0) is 43.9 Å². The van der Waals surface area contributed by atoms with Crippen LogP contribution < -0.4 is 5.32 Å². The van der Waals surface area contributed by atoms with Crippen LogP contribution in [0.15, 0.2) is 24.3 Å². The molecule has 6 nitrogen and oxygen atoms in total. The van der Waals surface area contributed by atoms with Gasteiger partial charge in [-0.2, -0.15) is 0 Å². The summed E-state index contributed by atoms with van der Waals surface area (Å²) in [7, 11) is 0. The zero-order valence-electron chi connectivity index (χ0n) is 14.9. The Hall–Kier alpha value is -2.37. The van der Waals surface area contributed by atoms with Crippen molar-refractivity contribution in [1.29, 1.82) is 0 Å². The minimum absolute atomic E-state index is 0.0261. The third-order valence-electron chi connectivity index (χ3n) is 5.41. The van der Waals surface area contributed by atoms with Crippen molar-refractivity contribution in [3.05, 3.63) is 29.8 Å². The molecule has 0 spiro atoms. The molecule has 1 aliphatic heterocycles. The number of nitrogens with one attached hydrogen (secondary N) is 1. The maximum atomic E-state index is 12.7. The zero-order valence-corrected chi connectivity index (χ0v) is 14.9. The topological polar surface area (TPSA) is 86.7 Å². The summed E-state index contributed by atoms with van der Waals surface area (Å²) in [6.45, 7) is 0.814. The van der Waals surface area contributed by atoms with Crippen molar-refractivity contribution >= 4 is 23.5 Å². The van der Waals surface area contributed by atoms with Gasteiger partial charge in [0.25, 0.3) is 5.91 Å². The summed E-state index contributed by atoms with van der Waals surface area (Å²) >= 11 is 0. The summed E-state index contributed by atoms with van der Waals surface area (Å²) < 4.78 is 0. The number of benzene rings is 1. The van der Waals surface area contributed by atoms with Gasteiger partial charge < -0.3 is 15.3 Å². The smallest absolute Gasteiger partial charge is 0.308 e. The predicted molar refractivity (Wildman–Crippen MR) is 97.9 cm³/mol. The molecule has 2 N–H and O–H groups in total. The molecule has 0 bridgehead atoms. The molecule has 1 aromatic rings. The molecular weight excluding hydrogens is 332 g/mol. The second kappa shape index (κ2) is 8.34. The number of rotatable bonds is 4. The van der Waals surface area contributed by atoms with Gasteiger partial charge in [0.2, 0.25) is 5.91 Å². The third-order valence-corrected chi connectivity index (χ3v) is 5.41. The van der Waals surface area contributed by atoms with Crippen LogP contribution in [0.5, 0.6) is 0 Å². The Morgan fingerprint density at radius 3 is 2.46 bits per heavy atom. The molecule has 6 heteroatoms. The number of hydrogen-bond donors (Lipinski definition) is 2. The van der Waals surface area contributed by atoms with Crippen LogP contribution >= 0.6 is 0 Å². The van der Waals surface area contributed by atoms with Crippen molar-refractivity contribution in [2.45, 2.75) is 44.9 Å². The van der Waals surface area contributed by atoms with Gasteiger partial charge in [-0.1, -0.05) is 25.3 Å². The van der Waals surface area contributed by atoms with E-state index < -0.39 is 11.9 Å². The van der Waals surface area contributed by atoms with E-state index >= 15 is 0 Å². The van der Waals surface area contributed by atoms with Crippen molar-refractivity contribution in [1.82, 2.24) is 4.90 Å². The Morgan fingerprint density at radius 1 is 1.00 bits per heavy atom. The van der Waals surface area contributed by atoms with Crippen molar-refractivity contribution in [2.75, 3.05) is 18.4 Å². The Bertz CT molecular complexity index is 682. The maximum absolute atomic E-state index is 12.7. The lowest BCUT2D eigenvalue weighted by atomic mass is 9.88. The first-order valence-corrected chi connectivity index (χ1v) is 9.47. The molecule has 140 valence electrons. The number of aliphatic carboxylic acids is 1. The molecule has 1 aliphatic carbocycles. The number of carbonyl (C=O) groups excluding carboxylic acids is 2. The number of piperidine rings is 1. The van der Waals surface area contributed by atoms with E-state index in [0.717, 1.165) is 25.7 Å². The molecule has 1 saturated heterocycles. The Morgan fingerprint density at radius 2 is 1.73 bits per heavy atom. The van der Waals surface area contributed by atoms with Gasteiger partial charge in [0.05, 0.1) is 5.92 Å². The lowest BCUT2D eigenvalue weighted by molar-refractivity contribution is -0.143. The fraction of sp³-hybridized carbons (Fsp3) is 0.550. The first kappa shape index (κ1) is 18.4. The summed E-state index contributed by atoms with van der Waals surface area (Å²) in [5.41, 5.74) is 1.11. The van der Waals surface area contributed by atoms with Crippen molar-refractivity contribution in [2.24, 2.45) is 11.8 Å². The molecule has 1 unspecified atom stereocenters. The highest BCUT2D eigenvalue weighted by Gasteiger charge is 2.29. The van der Waals surface area contributed by atoms with E-state index in [9.17, 15) is 19.5 Å². The summed E-state index contributed by atoms with van der Waals surface area (Å²) in [5.74, 6) is -1.44. The van der Waals surface area contributed by atoms with E-state index in [1.165, 1.54) is 6.42 Å². The van der Waals surface area contributed by atoms with Gasteiger partial charge in [-0.15, -0.1) is 0 Å². The molecule has 2 fully saturated rings. The third kappa shape index (κ3) is 4.42. The lowest BCUT2D eigenvalue weighted by Gasteiger charge is -2.30. The summed E-state index contributed by atoms with van der Waals surface area (Å²) in [4.78, 5) is 37.9. The SMILES string of the molecule is O=C(O)C1CCCN(C(=O)c2cccc(NC(=O)C3CCCCC3)c2)C1. The molecule has 3 rings (SSSR count). The number of amides is 2. The van der Waals surface area contributed by atoms with Crippen molar-refractivity contribution in [3.63, 3.8) is 0 Å². The Labute approximate surface area is 153 Å². The number of hydrogen-bond acceptors (Lipinski definition) is 3. The van der Waals surface area contributed by atoms with E-state index in [1.54, 1.807) is 29.2 Å². The van der Waals surface area contributed by atoms with Crippen LogP contribution in [0.1, 0.15) is 55.3 Å². The number of carboxylic acids is 1. The van der Waals surface area contributed by atoms with E-state index in [1.807, 2.05) is 0 Å². The van der Waals surface area contributed by atoms with Crippen LogP contribution in [0.3, 0.4) is 0 Å². The average molecular weight is 358 g/mol.